The number of methoxy groups -OCH3 is 1. The van der Waals surface area contributed by atoms with E-state index >= 15 is 0 Å². The number of hydrogen-bond donors (Lipinski definition) is 2. The van der Waals surface area contributed by atoms with Gasteiger partial charge < -0.3 is 25.1 Å². The number of aromatic nitrogens is 2. The van der Waals surface area contributed by atoms with Gasteiger partial charge >= 0.3 is 6.18 Å². The third-order valence-electron chi connectivity index (χ3n) is 6.30. The van der Waals surface area contributed by atoms with E-state index in [9.17, 15) is 22.8 Å². The molecule has 0 unspecified atom stereocenters. The number of likely N-dealkylation sites (tertiary alicyclic amines) is 1. The van der Waals surface area contributed by atoms with E-state index in [1.54, 1.807) is 17.9 Å². The number of nitrogens with one attached hydrogen (secondary N) is 1. The highest BCUT2D eigenvalue weighted by molar-refractivity contribution is 5.98. The van der Waals surface area contributed by atoms with Crippen LogP contribution in [-0.2, 0) is 11.0 Å². The molecule has 2 fully saturated rings. The standard InChI is InChI=1S/C24H24F3N5O4/c1-11(28)20-19(21(33)29-13-9-32(10-13)23(34)12-3-4-12)31-22(36-20)15-5-7-16(35-2)18-14(15)6-8-17(30-18)24(25,26)27/h5-8,11-13H,3-4,9-10,28H2,1-2H3,(H,29,33)/t11-/m0/s1. The van der Waals surface area contributed by atoms with E-state index in [0.29, 0.717) is 24.0 Å². The third-order valence-corrected chi connectivity index (χ3v) is 6.30. The van der Waals surface area contributed by atoms with Crippen molar-refractivity contribution < 1.29 is 31.9 Å². The van der Waals surface area contributed by atoms with Crippen LogP contribution in [0.1, 0.15) is 47.7 Å². The summed E-state index contributed by atoms with van der Waals surface area (Å²) in [6, 6.07) is 4.26. The van der Waals surface area contributed by atoms with Gasteiger partial charge in [0.25, 0.3) is 5.91 Å². The van der Waals surface area contributed by atoms with E-state index in [4.69, 9.17) is 14.9 Å². The first-order valence-corrected chi connectivity index (χ1v) is 11.5. The Morgan fingerprint density at radius 2 is 1.92 bits per heavy atom. The number of nitrogens with two attached hydrogens (primary N) is 1. The molecule has 0 bridgehead atoms. The number of hydrogen-bond acceptors (Lipinski definition) is 7. The van der Waals surface area contributed by atoms with E-state index in [1.807, 2.05) is 0 Å². The molecule has 5 rings (SSSR count). The number of oxazole rings is 1. The first-order valence-electron chi connectivity index (χ1n) is 11.5. The summed E-state index contributed by atoms with van der Waals surface area (Å²) in [6.45, 7) is 2.48. The Kier molecular flexibility index (Phi) is 5.86. The summed E-state index contributed by atoms with van der Waals surface area (Å²) < 4.78 is 50.8. The number of alkyl halides is 3. The Morgan fingerprint density at radius 3 is 2.53 bits per heavy atom. The van der Waals surface area contributed by atoms with Crippen molar-refractivity contribution in [1.29, 1.82) is 0 Å². The van der Waals surface area contributed by atoms with Crippen molar-refractivity contribution in [2.45, 2.75) is 38.0 Å². The second-order valence-electron chi connectivity index (χ2n) is 9.11. The Hall–Kier alpha value is -3.67. The van der Waals surface area contributed by atoms with Gasteiger partial charge in [0.15, 0.2) is 11.5 Å². The molecule has 36 heavy (non-hydrogen) atoms. The molecule has 190 valence electrons. The Labute approximate surface area is 203 Å². The van der Waals surface area contributed by atoms with Crippen molar-refractivity contribution in [3.05, 3.63) is 41.4 Å². The third kappa shape index (κ3) is 4.36. The minimum absolute atomic E-state index is 0.0146. The fourth-order valence-electron chi connectivity index (χ4n) is 4.21. The number of amides is 2. The maximum atomic E-state index is 13.2. The summed E-state index contributed by atoms with van der Waals surface area (Å²) in [5.41, 5.74) is 5.25. The average molecular weight is 503 g/mol. The molecule has 1 saturated heterocycles. The first kappa shape index (κ1) is 24.0. The molecule has 1 aliphatic carbocycles. The van der Waals surface area contributed by atoms with Crippen LogP contribution in [0.2, 0.25) is 0 Å². The molecule has 0 radical (unpaired) electrons. The van der Waals surface area contributed by atoms with Crippen LogP contribution in [0.25, 0.3) is 22.4 Å². The highest BCUT2D eigenvalue weighted by Crippen LogP contribution is 2.37. The highest BCUT2D eigenvalue weighted by atomic mass is 19.4. The normalized spacial score (nSPS) is 17.1. The van der Waals surface area contributed by atoms with E-state index < -0.39 is 23.8 Å². The predicted molar refractivity (Wildman–Crippen MR) is 122 cm³/mol. The zero-order valence-corrected chi connectivity index (χ0v) is 19.6. The zero-order valence-electron chi connectivity index (χ0n) is 19.6. The summed E-state index contributed by atoms with van der Waals surface area (Å²) in [4.78, 5) is 34.9. The van der Waals surface area contributed by atoms with Gasteiger partial charge in [-0.1, -0.05) is 0 Å². The SMILES string of the molecule is COc1ccc(-c2nc(C(=O)NC3CN(C(=O)C4CC4)C3)c([C@H](C)N)o2)c2ccc(C(F)(F)F)nc12. The van der Waals surface area contributed by atoms with Crippen LogP contribution in [-0.4, -0.2) is 52.9 Å². The van der Waals surface area contributed by atoms with Gasteiger partial charge in [0, 0.05) is 30.0 Å². The maximum Gasteiger partial charge on any atom is 0.433 e. The molecule has 2 aliphatic rings. The van der Waals surface area contributed by atoms with Crippen molar-refractivity contribution in [2.24, 2.45) is 11.7 Å². The van der Waals surface area contributed by atoms with E-state index in [1.165, 1.54) is 19.2 Å². The van der Waals surface area contributed by atoms with Crippen LogP contribution < -0.4 is 15.8 Å². The lowest BCUT2D eigenvalue weighted by molar-refractivity contribution is -0.141. The largest absolute Gasteiger partial charge is 0.494 e. The Morgan fingerprint density at radius 1 is 1.19 bits per heavy atom. The highest BCUT2D eigenvalue weighted by Gasteiger charge is 2.40. The summed E-state index contributed by atoms with van der Waals surface area (Å²) >= 11 is 0. The van der Waals surface area contributed by atoms with Crippen molar-refractivity contribution in [1.82, 2.24) is 20.2 Å². The second-order valence-corrected chi connectivity index (χ2v) is 9.11. The average Bonchev–Trinajstić information content (AvgIpc) is 3.56. The van der Waals surface area contributed by atoms with E-state index in [-0.39, 0.29) is 46.5 Å². The summed E-state index contributed by atoms with van der Waals surface area (Å²) in [6.07, 6.45) is -2.80. The molecule has 2 aromatic heterocycles. The number of halogens is 3. The van der Waals surface area contributed by atoms with Crippen LogP contribution in [0.15, 0.2) is 28.7 Å². The fourth-order valence-corrected chi connectivity index (χ4v) is 4.21. The number of fused-ring (bicyclic) bond motifs is 1. The molecule has 0 spiro atoms. The minimum Gasteiger partial charge on any atom is -0.494 e. The quantitative estimate of drug-likeness (QED) is 0.529. The second kappa shape index (κ2) is 8.77. The molecular formula is C24H24F3N5O4. The molecule has 1 aromatic carbocycles. The molecular weight excluding hydrogens is 479 g/mol. The zero-order chi connectivity index (χ0) is 25.8. The Bertz CT molecular complexity index is 1340. The van der Waals surface area contributed by atoms with E-state index in [0.717, 1.165) is 18.9 Å². The Balaban J connectivity index is 1.45. The van der Waals surface area contributed by atoms with Crippen molar-refractivity contribution in [2.75, 3.05) is 20.2 Å². The lowest BCUT2D eigenvalue weighted by atomic mass is 10.1. The number of pyridine rings is 1. The van der Waals surface area contributed by atoms with Gasteiger partial charge in [0.05, 0.1) is 19.2 Å². The number of nitrogens with zero attached hydrogens (tertiary/aromatic N) is 3. The maximum absolute atomic E-state index is 13.2. The number of ether oxygens (including phenoxy) is 1. The van der Waals surface area contributed by atoms with Gasteiger partial charge in [-0.15, -0.1) is 0 Å². The molecule has 3 N–H and O–H groups in total. The van der Waals surface area contributed by atoms with Gasteiger partial charge in [-0.3, -0.25) is 9.59 Å². The van der Waals surface area contributed by atoms with Crippen LogP contribution in [0, 0.1) is 5.92 Å². The number of carbonyl (C=O) groups excluding carboxylic acids is 2. The smallest absolute Gasteiger partial charge is 0.433 e. The van der Waals surface area contributed by atoms with Crippen LogP contribution in [0.4, 0.5) is 13.2 Å². The van der Waals surface area contributed by atoms with Crippen molar-refractivity contribution in [3.8, 4) is 17.2 Å². The summed E-state index contributed by atoms with van der Waals surface area (Å²) in [5.74, 6) is 0.0280. The van der Waals surface area contributed by atoms with E-state index in [2.05, 4.69) is 15.3 Å². The fraction of sp³-hybridized carbons (Fsp3) is 0.417. The van der Waals surface area contributed by atoms with Crippen LogP contribution in [0.5, 0.6) is 5.75 Å². The van der Waals surface area contributed by atoms with Gasteiger partial charge in [-0.2, -0.15) is 13.2 Å². The summed E-state index contributed by atoms with van der Waals surface area (Å²) in [5, 5.41) is 3.15. The van der Waals surface area contributed by atoms with Gasteiger partial charge in [-0.05, 0) is 44.0 Å². The van der Waals surface area contributed by atoms with Crippen LogP contribution in [0.3, 0.4) is 0 Å². The van der Waals surface area contributed by atoms with Gasteiger partial charge in [0.1, 0.15) is 17.0 Å². The summed E-state index contributed by atoms with van der Waals surface area (Å²) in [7, 11) is 1.33. The number of carbonyl (C=O) groups is 2. The molecule has 9 nitrogen and oxygen atoms in total. The molecule has 1 saturated carbocycles. The lowest BCUT2D eigenvalue weighted by Crippen LogP contribution is -2.61. The van der Waals surface area contributed by atoms with Gasteiger partial charge in [-0.25, -0.2) is 9.97 Å². The molecule has 12 heteroatoms. The molecule has 3 aromatic rings. The first-order chi connectivity index (χ1) is 17.1. The molecule has 1 atom stereocenters. The number of rotatable bonds is 6. The topological polar surface area (TPSA) is 124 Å². The molecule has 2 amide bonds. The lowest BCUT2D eigenvalue weighted by Gasteiger charge is -2.39. The number of benzene rings is 1. The van der Waals surface area contributed by atoms with Crippen molar-refractivity contribution in [3.63, 3.8) is 0 Å². The molecule has 1 aliphatic heterocycles. The van der Waals surface area contributed by atoms with Gasteiger partial charge in [0.2, 0.25) is 11.8 Å². The predicted octanol–water partition coefficient (Wildman–Crippen LogP) is 3.29. The minimum atomic E-state index is -4.63. The molecule has 3 heterocycles. The monoisotopic (exact) mass is 503 g/mol. The van der Waals surface area contributed by atoms with Crippen LogP contribution >= 0.6 is 0 Å². The van der Waals surface area contributed by atoms with Crippen molar-refractivity contribution >= 4 is 22.7 Å².